The zero-order valence-corrected chi connectivity index (χ0v) is 15.4. The number of aliphatic carboxylic acids is 1. The van der Waals surface area contributed by atoms with Crippen LogP contribution in [0.5, 0.6) is 23.0 Å². The molecule has 7 heteroatoms. The molecule has 5 rings (SSSR count). The van der Waals surface area contributed by atoms with Crippen molar-refractivity contribution in [2.24, 2.45) is 0 Å². The number of benzene rings is 2. The molecule has 0 saturated heterocycles. The first-order valence-electron chi connectivity index (χ1n) is 8.86. The summed E-state index contributed by atoms with van der Waals surface area (Å²) in [6, 6.07) is 8.68. The predicted octanol–water partition coefficient (Wildman–Crippen LogP) is 2.72. The second-order valence-corrected chi connectivity index (χ2v) is 6.78. The number of carboxylic acids is 1. The number of aromatic nitrogens is 1. The molecule has 0 spiro atoms. The van der Waals surface area contributed by atoms with E-state index in [0.717, 1.165) is 27.6 Å². The van der Waals surface area contributed by atoms with E-state index in [0.29, 0.717) is 29.4 Å². The molecule has 7 nitrogen and oxygen atoms in total. The summed E-state index contributed by atoms with van der Waals surface area (Å²) in [5.74, 6) is 1.77. The third kappa shape index (κ3) is 2.29. The Morgan fingerprint density at radius 3 is 2.43 bits per heavy atom. The number of hydrogen-bond acceptors (Lipinski definition) is 5. The van der Waals surface area contributed by atoms with Crippen LogP contribution in [0.3, 0.4) is 0 Å². The molecule has 3 aromatic rings. The van der Waals surface area contributed by atoms with E-state index in [1.54, 1.807) is 18.8 Å². The number of pyridine rings is 1. The fourth-order valence-electron chi connectivity index (χ4n) is 4.03. The number of methoxy groups -OCH3 is 2. The Hall–Kier alpha value is -3.48. The fraction of sp³-hybridized carbons (Fsp3) is 0.238. The largest absolute Gasteiger partial charge is 0.496 e. The van der Waals surface area contributed by atoms with Crippen LogP contribution in [-0.2, 0) is 11.2 Å². The number of carboxylic acid groups (broad SMARTS) is 1. The quantitative estimate of drug-likeness (QED) is 0.704. The lowest BCUT2D eigenvalue weighted by Crippen LogP contribution is -2.49. The number of ether oxygens (including phenoxy) is 4. The van der Waals surface area contributed by atoms with Crippen LogP contribution >= 0.6 is 0 Å². The summed E-state index contributed by atoms with van der Waals surface area (Å²) in [4.78, 5) is 12.0. The van der Waals surface area contributed by atoms with Crippen LogP contribution in [0, 0.1) is 0 Å². The van der Waals surface area contributed by atoms with E-state index in [2.05, 4.69) is 0 Å². The number of carbonyl (C=O) groups is 1. The molecule has 0 aliphatic carbocycles. The summed E-state index contributed by atoms with van der Waals surface area (Å²) in [5, 5.41) is 11.5. The average molecular weight is 380 g/mol. The van der Waals surface area contributed by atoms with Gasteiger partial charge < -0.3 is 24.1 Å². The maximum absolute atomic E-state index is 12.0. The predicted molar refractivity (Wildman–Crippen MR) is 99.2 cm³/mol. The molecule has 1 atom stereocenters. The van der Waals surface area contributed by atoms with Crippen molar-refractivity contribution in [1.82, 2.24) is 0 Å². The van der Waals surface area contributed by atoms with Crippen LogP contribution in [0.1, 0.15) is 11.6 Å². The Bertz CT molecular complexity index is 1140. The van der Waals surface area contributed by atoms with E-state index in [1.807, 2.05) is 36.5 Å². The first kappa shape index (κ1) is 16.7. The highest BCUT2D eigenvalue weighted by atomic mass is 16.7. The van der Waals surface area contributed by atoms with E-state index >= 15 is 0 Å². The zero-order valence-electron chi connectivity index (χ0n) is 15.4. The fourth-order valence-corrected chi connectivity index (χ4v) is 4.03. The van der Waals surface area contributed by atoms with Gasteiger partial charge in [0.05, 0.1) is 25.2 Å². The van der Waals surface area contributed by atoms with Gasteiger partial charge in [-0.15, -0.1) is 0 Å². The van der Waals surface area contributed by atoms with E-state index in [-0.39, 0.29) is 6.79 Å². The lowest BCUT2D eigenvalue weighted by Gasteiger charge is -2.21. The van der Waals surface area contributed by atoms with Gasteiger partial charge in [0.15, 0.2) is 17.7 Å². The minimum Gasteiger partial charge on any atom is -0.496 e. The molecule has 0 radical (unpaired) electrons. The summed E-state index contributed by atoms with van der Waals surface area (Å²) in [7, 11) is 3.20. The molecule has 1 N–H and O–H groups in total. The molecule has 2 aromatic carbocycles. The van der Waals surface area contributed by atoms with Crippen molar-refractivity contribution in [2.45, 2.75) is 12.5 Å². The molecule has 28 heavy (non-hydrogen) atoms. The summed E-state index contributed by atoms with van der Waals surface area (Å²) in [6.07, 6.45) is 2.19. The van der Waals surface area contributed by atoms with E-state index in [4.69, 9.17) is 18.9 Å². The van der Waals surface area contributed by atoms with Gasteiger partial charge in [0.2, 0.25) is 12.5 Å². The number of nitrogens with zero attached hydrogens (tertiary/aromatic N) is 1. The van der Waals surface area contributed by atoms with Crippen molar-refractivity contribution in [3.05, 3.63) is 42.1 Å². The van der Waals surface area contributed by atoms with Gasteiger partial charge in [-0.3, -0.25) is 0 Å². The summed E-state index contributed by atoms with van der Waals surface area (Å²) < 4.78 is 23.8. The van der Waals surface area contributed by atoms with Crippen LogP contribution in [0.2, 0.25) is 0 Å². The first-order chi connectivity index (χ1) is 13.6. The molecule has 142 valence electrons. The Kier molecular flexibility index (Phi) is 3.58. The van der Waals surface area contributed by atoms with Crippen molar-refractivity contribution >= 4 is 16.7 Å². The van der Waals surface area contributed by atoms with Crippen LogP contribution in [0.4, 0.5) is 0 Å². The van der Waals surface area contributed by atoms with Gasteiger partial charge in [0.1, 0.15) is 11.5 Å². The van der Waals surface area contributed by atoms with Crippen molar-refractivity contribution in [3.8, 4) is 34.3 Å². The SMILES string of the molecule is COc1ccc(OC)c2c[n+]3c(cc12)-c1cc2c(cc1CC3C(=O)O)OCO2. The Morgan fingerprint density at radius 1 is 1.07 bits per heavy atom. The minimum absolute atomic E-state index is 0.170. The Labute approximate surface area is 160 Å². The maximum atomic E-state index is 12.0. The number of fused-ring (bicyclic) bond motifs is 5. The molecule has 0 bridgehead atoms. The second-order valence-electron chi connectivity index (χ2n) is 6.78. The minimum atomic E-state index is -0.893. The molecule has 2 aliphatic heterocycles. The third-order valence-corrected chi connectivity index (χ3v) is 5.38. The molecular weight excluding hydrogens is 362 g/mol. The van der Waals surface area contributed by atoms with Crippen molar-refractivity contribution in [1.29, 1.82) is 0 Å². The third-order valence-electron chi connectivity index (χ3n) is 5.38. The number of hydrogen-bond donors (Lipinski definition) is 1. The van der Waals surface area contributed by atoms with Crippen molar-refractivity contribution in [2.75, 3.05) is 21.0 Å². The monoisotopic (exact) mass is 380 g/mol. The molecule has 2 aliphatic rings. The standard InChI is InChI=1S/C21H17NO6/c1-25-17-3-4-18(26-2)14-9-22-15(7-13(14)17)12-8-20-19(27-10-28-20)6-11(12)5-16(22)21(23)24/h3-4,6-9,16H,5,10H2,1-2H3/p+1. The zero-order chi connectivity index (χ0) is 19.4. The lowest BCUT2D eigenvalue weighted by atomic mass is 9.91. The Morgan fingerprint density at radius 2 is 1.75 bits per heavy atom. The van der Waals surface area contributed by atoms with E-state index in [1.165, 1.54) is 0 Å². The molecule has 1 aromatic heterocycles. The van der Waals surface area contributed by atoms with E-state index < -0.39 is 12.0 Å². The molecule has 0 saturated carbocycles. The normalized spacial score (nSPS) is 16.4. The van der Waals surface area contributed by atoms with E-state index in [9.17, 15) is 9.90 Å². The van der Waals surface area contributed by atoms with Crippen LogP contribution < -0.4 is 23.5 Å². The highest BCUT2D eigenvalue weighted by Crippen LogP contribution is 2.43. The topological polar surface area (TPSA) is 78.1 Å². The van der Waals surface area contributed by atoms with Gasteiger partial charge >= 0.3 is 5.97 Å². The Balaban J connectivity index is 1.85. The molecule has 0 fully saturated rings. The lowest BCUT2D eigenvalue weighted by molar-refractivity contribution is -0.700. The summed E-state index contributed by atoms with van der Waals surface area (Å²) in [5.41, 5.74) is 2.62. The highest BCUT2D eigenvalue weighted by molar-refractivity contribution is 5.94. The van der Waals surface area contributed by atoms with Gasteiger partial charge in [0, 0.05) is 17.9 Å². The van der Waals surface area contributed by atoms with Crippen molar-refractivity contribution < 1.29 is 33.4 Å². The maximum Gasteiger partial charge on any atom is 0.373 e. The number of rotatable bonds is 3. The van der Waals surface area contributed by atoms with Gasteiger partial charge in [-0.2, -0.15) is 4.57 Å². The summed E-state index contributed by atoms with van der Waals surface area (Å²) in [6.45, 7) is 0.170. The van der Waals surface area contributed by atoms with Crippen LogP contribution in [0.15, 0.2) is 36.5 Å². The second kappa shape index (κ2) is 6.02. The van der Waals surface area contributed by atoms with Crippen molar-refractivity contribution in [3.63, 3.8) is 0 Å². The van der Waals surface area contributed by atoms with Crippen LogP contribution in [0.25, 0.3) is 22.0 Å². The molecule has 0 amide bonds. The summed E-state index contributed by atoms with van der Waals surface area (Å²) >= 11 is 0. The molecular formula is C21H18NO6+. The molecule has 1 unspecified atom stereocenters. The van der Waals surface area contributed by atoms with Gasteiger partial charge in [-0.25, -0.2) is 4.79 Å². The van der Waals surface area contributed by atoms with Gasteiger partial charge in [0.25, 0.3) is 6.04 Å². The smallest absolute Gasteiger partial charge is 0.373 e. The first-order valence-corrected chi connectivity index (χ1v) is 8.86. The van der Waals surface area contributed by atoms with Crippen LogP contribution in [-0.4, -0.2) is 32.1 Å². The molecule has 3 heterocycles. The van der Waals surface area contributed by atoms with Gasteiger partial charge in [-0.1, -0.05) is 0 Å². The average Bonchev–Trinajstić information content (AvgIpc) is 3.16. The highest BCUT2D eigenvalue weighted by Gasteiger charge is 2.39. The van der Waals surface area contributed by atoms with Gasteiger partial charge in [-0.05, 0) is 29.8 Å².